The summed E-state index contributed by atoms with van der Waals surface area (Å²) >= 11 is 0. The number of ether oxygens (including phenoxy) is 1. The lowest BCUT2D eigenvalue weighted by molar-refractivity contribution is -0.134. The van der Waals surface area contributed by atoms with Crippen molar-refractivity contribution in [2.45, 2.75) is 45.6 Å². The molecule has 1 aromatic carbocycles. The van der Waals surface area contributed by atoms with Gasteiger partial charge in [-0.2, -0.15) is 0 Å². The smallest absolute Gasteiger partial charge is 0.227 e. The lowest BCUT2D eigenvalue weighted by atomic mass is 9.96. The molecular weight excluding hydrogens is 395 g/mol. The fraction of sp³-hybridized carbons (Fsp3) is 0.542. The number of hydrogen-bond acceptors (Lipinski definition) is 5. The van der Waals surface area contributed by atoms with Gasteiger partial charge in [-0.05, 0) is 50.9 Å². The Bertz CT molecular complexity index is 889. The van der Waals surface area contributed by atoms with Gasteiger partial charge in [-0.1, -0.05) is 12.1 Å². The van der Waals surface area contributed by atoms with Crippen LogP contribution < -0.4 is 0 Å². The zero-order valence-corrected chi connectivity index (χ0v) is 18.4. The molecule has 2 aliphatic heterocycles. The van der Waals surface area contributed by atoms with Crippen molar-refractivity contribution in [1.82, 2.24) is 19.8 Å². The van der Waals surface area contributed by atoms with Crippen LogP contribution in [0.2, 0.25) is 0 Å². The van der Waals surface area contributed by atoms with E-state index in [1.165, 1.54) is 12.1 Å². The molecule has 7 heteroatoms. The Morgan fingerprint density at radius 1 is 1.10 bits per heavy atom. The maximum Gasteiger partial charge on any atom is 0.227 e. The van der Waals surface area contributed by atoms with Crippen LogP contribution in [0.15, 0.2) is 24.3 Å². The molecule has 0 saturated carbocycles. The van der Waals surface area contributed by atoms with E-state index in [2.05, 4.69) is 4.90 Å². The number of carbonyl (C=O) groups is 1. The van der Waals surface area contributed by atoms with E-state index >= 15 is 0 Å². The highest BCUT2D eigenvalue weighted by molar-refractivity contribution is 5.79. The standard InChI is InChI=1S/C24H31FN4O2/c1-17-22(14-23(30)29-10-12-31-13-11-29)18(2)27-24(26-17)20-4-3-9-28(16-20)15-19-5-7-21(25)8-6-19/h5-8,20H,3-4,9-16H2,1-2H3. The predicted octanol–water partition coefficient (Wildman–Crippen LogP) is 3.01. The van der Waals surface area contributed by atoms with Crippen LogP contribution in [0.4, 0.5) is 4.39 Å². The number of aryl methyl sites for hydroxylation is 2. The van der Waals surface area contributed by atoms with E-state index in [9.17, 15) is 9.18 Å². The van der Waals surface area contributed by atoms with E-state index in [1.54, 1.807) is 0 Å². The molecule has 1 amide bonds. The highest BCUT2D eigenvalue weighted by Gasteiger charge is 2.26. The zero-order valence-electron chi connectivity index (χ0n) is 18.4. The molecular formula is C24H31FN4O2. The number of piperidine rings is 1. The molecule has 4 rings (SSSR count). The van der Waals surface area contributed by atoms with Crippen LogP contribution in [0.5, 0.6) is 0 Å². The van der Waals surface area contributed by atoms with Gasteiger partial charge in [0, 0.05) is 49.0 Å². The highest BCUT2D eigenvalue weighted by atomic mass is 19.1. The Morgan fingerprint density at radius 3 is 2.45 bits per heavy atom. The van der Waals surface area contributed by atoms with Crippen molar-refractivity contribution in [1.29, 1.82) is 0 Å². The van der Waals surface area contributed by atoms with Crippen LogP contribution in [-0.2, 0) is 22.5 Å². The van der Waals surface area contributed by atoms with Crippen molar-refractivity contribution in [3.8, 4) is 0 Å². The predicted molar refractivity (Wildman–Crippen MR) is 116 cm³/mol. The monoisotopic (exact) mass is 426 g/mol. The van der Waals surface area contributed by atoms with Gasteiger partial charge in [-0.3, -0.25) is 9.69 Å². The largest absolute Gasteiger partial charge is 0.378 e. The molecule has 3 heterocycles. The third-order valence-corrected chi connectivity index (χ3v) is 6.32. The molecule has 2 aromatic rings. The second kappa shape index (κ2) is 9.83. The highest BCUT2D eigenvalue weighted by Crippen LogP contribution is 2.27. The molecule has 0 N–H and O–H groups in total. The molecule has 2 aliphatic rings. The van der Waals surface area contributed by atoms with Crippen LogP contribution in [-0.4, -0.2) is 65.1 Å². The number of likely N-dealkylation sites (tertiary alicyclic amines) is 1. The second-order valence-corrected chi connectivity index (χ2v) is 8.60. The summed E-state index contributed by atoms with van der Waals surface area (Å²) in [6, 6.07) is 6.74. The van der Waals surface area contributed by atoms with E-state index in [-0.39, 0.29) is 17.6 Å². The Morgan fingerprint density at radius 2 is 1.77 bits per heavy atom. The van der Waals surface area contributed by atoms with Gasteiger partial charge in [-0.25, -0.2) is 14.4 Å². The van der Waals surface area contributed by atoms with Gasteiger partial charge in [0.1, 0.15) is 11.6 Å². The van der Waals surface area contributed by atoms with E-state index in [4.69, 9.17) is 14.7 Å². The molecule has 0 bridgehead atoms. The molecule has 0 spiro atoms. The topological polar surface area (TPSA) is 58.6 Å². The summed E-state index contributed by atoms with van der Waals surface area (Å²) in [6.45, 7) is 9.22. The van der Waals surface area contributed by atoms with Gasteiger partial charge < -0.3 is 9.64 Å². The first-order valence-electron chi connectivity index (χ1n) is 11.2. The van der Waals surface area contributed by atoms with Crippen LogP contribution in [0.3, 0.4) is 0 Å². The van der Waals surface area contributed by atoms with Crippen LogP contribution in [0.1, 0.15) is 47.1 Å². The summed E-state index contributed by atoms with van der Waals surface area (Å²) in [5.41, 5.74) is 3.87. The number of benzene rings is 1. The number of halogens is 1. The summed E-state index contributed by atoms with van der Waals surface area (Å²) in [4.78, 5) is 26.6. The summed E-state index contributed by atoms with van der Waals surface area (Å²) < 4.78 is 18.5. The molecule has 0 aliphatic carbocycles. The zero-order chi connectivity index (χ0) is 21.8. The number of morpholine rings is 1. The fourth-order valence-corrected chi connectivity index (χ4v) is 4.54. The number of aromatic nitrogens is 2. The van der Waals surface area contributed by atoms with Gasteiger partial charge >= 0.3 is 0 Å². The maximum absolute atomic E-state index is 13.2. The van der Waals surface area contributed by atoms with Crippen molar-refractivity contribution in [2.24, 2.45) is 0 Å². The normalized spacial score (nSPS) is 20.1. The third-order valence-electron chi connectivity index (χ3n) is 6.32. The van der Waals surface area contributed by atoms with Crippen molar-refractivity contribution in [3.63, 3.8) is 0 Å². The third kappa shape index (κ3) is 5.46. The van der Waals surface area contributed by atoms with Gasteiger partial charge in [0.05, 0.1) is 19.6 Å². The summed E-state index contributed by atoms with van der Waals surface area (Å²) in [5, 5.41) is 0. The van der Waals surface area contributed by atoms with E-state index in [0.29, 0.717) is 32.7 Å². The van der Waals surface area contributed by atoms with Gasteiger partial charge in [0.25, 0.3) is 0 Å². The number of amides is 1. The van der Waals surface area contributed by atoms with Crippen LogP contribution in [0.25, 0.3) is 0 Å². The lowest BCUT2D eigenvalue weighted by Crippen LogP contribution is -2.41. The Hall–Kier alpha value is -2.38. The molecule has 2 saturated heterocycles. The molecule has 0 radical (unpaired) electrons. The quantitative estimate of drug-likeness (QED) is 0.736. The number of hydrogen-bond donors (Lipinski definition) is 0. The van der Waals surface area contributed by atoms with Gasteiger partial charge in [0.15, 0.2) is 0 Å². The van der Waals surface area contributed by atoms with Crippen LogP contribution in [0, 0.1) is 19.7 Å². The van der Waals surface area contributed by atoms with Crippen molar-refractivity contribution in [2.75, 3.05) is 39.4 Å². The summed E-state index contributed by atoms with van der Waals surface area (Å²) in [5.74, 6) is 1.07. The van der Waals surface area contributed by atoms with E-state index in [0.717, 1.165) is 60.8 Å². The minimum Gasteiger partial charge on any atom is -0.378 e. The van der Waals surface area contributed by atoms with E-state index < -0.39 is 0 Å². The Kier molecular flexibility index (Phi) is 6.92. The van der Waals surface area contributed by atoms with Gasteiger partial charge in [-0.15, -0.1) is 0 Å². The average molecular weight is 427 g/mol. The molecule has 1 atom stereocenters. The molecule has 31 heavy (non-hydrogen) atoms. The molecule has 1 unspecified atom stereocenters. The summed E-state index contributed by atoms with van der Waals surface area (Å²) in [7, 11) is 0. The lowest BCUT2D eigenvalue weighted by Gasteiger charge is -2.32. The number of rotatable bonds is 5. The fourth-order valence-electron chi connectivity index (χ4n) is 4.54. The van der Waals surface area contributed by atoms with Crippen LogP contribution >= 0.6 is 0 Å². The van der Waals surface area contributed by atoms with Crippen molar-refractivity contribution >= 4 is 5.91 Å². The molecule has 1 aromatic heterocycles. The minimum absolute atomic E-state index is 0.119. The average Bonchev–Trinajstić information content (AvgIpc) is 2.78. The first-order valence-corrected chi connectivity index (χ1v) is 11.2. The number of nitrogens with zero attached hydrogens (tertiary/aromatic N) is 4. The number of carbonyl (C=O) groups excluding carboxylic acids is 1. The van der Waals surface area contributed by atoms with E-state index in [1.807, 2.05) is 30.9 Å². The Balaban J connectivity index is 1.43. The SMILES string of the molecule is Cc1nc(C2CCCN(Cc3ccc(F)cc3)C2)nc(C)c1CC(=O)N1CCOCC1. The first-order chi connectivity index (χ1) is 15.0. The first kappa shape index (κ1) is 21.8. The minimum atomic E-state index is -0.202. The maximum atomic E-state index is 13.2. The molecule has 166 valence electrons. The molecule has 6 nitrogen and oxygen atoms in total. The second-order valence-electron chi connectivity index (χ2n) is 8.60. The Labute approximate surface area is 183 Å². The summed E-state index contributed by atoms with van der Waals surface area (Å²) in [6.07, 6.45) is 2.49. The molecule has 2 fully saturated rings. The van der Waals surface area contributed by atoms with Gasteiger partial charge in [0.2, 0.25) is 5.91 Å². The van der Waals surface area contributed by atoms with Crippen molar-refractivity contribution < 1.29 is 13.9 Å². The van der Waals surface area contributed by atoms with Crippen molar-refractivity contribution in [3.05, 3.63) is 58.4 Å².